The van der Waals surface area contributed by atoms with Crippen LogP contribution in [0.1, 0.15) is 181 Å². The molecule has 9 nitrogen and oxygen atoms in total. The third-order valence-electron chi connectivity index (χ3n) is 9.38. The van der Waals surface area contributed by atoms with Gasteiger partial charge in [-0.05, 0) is 83.5 Å². The van der Waals surface area contributed by atoms with E-state index in [2.05, 4.69) is 86.8 Å². The van der Waals surface area contributed by atoms with Gasteiger partial charge in [0.2, 0.25) is 0 Å². The lowest BCUT2D eigenvalue weighted by molar-refractivity contribution is -0.154. The molecule has 0 aromatic rings. The molecule has 0 heterocycles. The van der Waals surface area contributed by atoms with E-state index in [1.54, 1.807) is 0 Å². The van der Waals surface area contributed by atoms with E-state index in [9.17, 15) is 19.4 Å². The Balaban J connectivity index is 4.19. The van der Waals surface area contributed by atoms with Crippen LogP contribution < -0.4 is 0 Å². The number of phosphoric ester groups is 1. The van der Waals surface area contributed by atoms with Gasteiger partial charge in [0.05, 0.1) is 26.4 Å². The fraction of sp³-hybridized carbons (Fsp3) is 0.729. The van der Waals surface area contributed by atoms with Gasteiger partial charge < -0.3 is 24.6 Å². The van der Waals surface area contributed by atoms with Crippen LogP contribution in [0.2, 0.25) is 0 Å². The van der Waals surface area contributed by atoms with Gasteiger partial charge in [-0.1, -0.05) is 164 Å². The number of ether oxygens (including phenoxy) is 2. The molecule has 0 fully saturated rings. The number of hydrogen-bond acceptors (Lipinski definition) is 8. The molecule has 0 saturated carbocycles. The number of hydrogen-bond donors (Lipinski definition) is 3. The first-order valence-electron chi connectivity index (χ1n) is 22.9. The maximum absolute atomic E-state index is 12.6. The molecule has 0 rings (SSSR count). The number of aliphatic hydroxyl groups is 2. The van der Waals surface area contributed by atoms with Crippen LogP contribution in [0.15, 0.2) is 72.9 Å². The van der Waals surface area contributed by atoms with Crippen LogP contribution in [0.25, 0.3) is 0 Å². The molecule has 0 aliphatic heterocycles. The Bertz CT molecular complexity index is 1130. The van der Waals surface area contributed by atoms with Crippen molar-refractivity contribution in [1.29, 1.82) is 0 Å². The van der Waals surface area contributed by atoms with Crippen LogP contribution in [0.3, 0.4) is 0 Å². The Morgan fingerprint density at radius 1 is 0.552 bits per heavy atom. The van der Waals surface area contributed by atoms with Crippen molar-refractivity contribution in [3.63, 3.8) is 0 Å². The molecule has 0 aliphatic carbocycles. The molecular weight excluding hydrogens is 751 g/mol. The number of carbonyl (C=O) groups is 1. The second kappa shape index (κ2) is 44.5. The van der Waals surface area contributed by atoms with E-state index in [4.69, 9.17) is 23.6 Å². The van der Waals surface area contributed by atoms with Crippen molar-refractivity contribution in [3.05, 3.63) is 72.9 Å². The number of aliphatic hydroxyl groups excluding tert-OH is 2. The summed E-state index contributed by atoms with van der Waals surface area (Å²) in [6.07, 6.45) is 52.9. The van der Waals surface area contributed by atoms with Gasteiger partial charge in [0.1, 0.15) is 12.2 Å². The highest BCUT2D eigenvalue weighted by molar-refractivity contribution is 7.47. The Morgan fingerprint density at radius 3 is 1.50 bits per heavy atom. The zero-order chi connectivity index (χ0) is 42.5. The minimum Gasteiger partial charge on any atom is -0.457 e. The molecule has 3 N–H and O–H groups in total. The van der Waals surface area contributed by atoms with E-state index in [-0.39, 0.29) is 19.6 Å². The van der Waals surface area contributed by atoms with E-state index in [1.807, 2.05) is 0 Å². The maximum atomic E-state index is 12.6. The number of esters is 1. The van der Waals surface area contributed by atoms with Crippen molar-refractivity contribution in [3.8, 4) is 0 Å². The van der Waals surface area contributed by atoms with Gasteiger partial charge in [0.15, 0.2) is 0 Å². The van der Waals surface area contributed by atoms with Gasteiger partial charge in [-0.15, -0.1) is 0 Å². The summed E-state index contributed by atoms with van der Waals surface area (Å²) >= 11 is 0. The standard InChI is InChI=1S/C48H85O9P/c1-3-5-7-9-11-13-15-17-19-20-21-22-23-24-25-27-29-31-33-35-37-39-41-54-44-47(45-56-58(52,53)55-43-46(50)42-49)57-48(51)40-38-36-34-32-30-28-26-18-16-14-12-10-8-6-4-2/h5,7,11,13,17-19,21-22,24-26,46-47,49-50H,3-4,6,8-10,12,14-16,20,23,27-45H2,1-2H3,(H,52,53)/b7-5-,13-11-,19-17-,22-21-,25-24-,26-18-. The van der Waals surface area contributed by atoms with E-state index >= 15 is 0 Å². The zero-order valence-corrected chi connectivity index (χ0v) is 37.6. The van der Waals surface area contributed by atoms with Crippen LogP contribution in [0, 0.1) is 0 Å². The van der Waals surface area contributed by atoms with Gasteiger partial charge in [0, 0.05) is 13.0 Å². The van der Waals surface area contributed by atoms with Crippen molar-refractivity contribution in [2.75, 3.05) is 33.0 Å². The molecule has 0 aliphatic rings. The number of carbonyl (C=O) groups excluding carboxylic acids is 1. The SMILES string of the molecule is CC/C=C\C/C=C\C/C=C\C/C=C\C/C=C\CCCCCCCCOCC(COP(=O)(O)OCC(O)CO)OC(=O)CCCCCCC/C=C\CCCCCCCC. The molecule has 336 valence electrons. The number of allylic oxidation sites excluding steroid dienone is 12. The van der Waals surface area contributed by atoms with E-state index in [0.717, 1.165) is 89.9 Å². The lowest BCUT2D eigenvalue weighted by Crippen LogP contribution is -2.29. The van der Waals surface area contributed by atoms with Crippen LogP contribution >= 0.6 is 7.82 Å². The van der Waals surface area contributed by atoms with Gasteiger partial charge in [0.25, 0.3) is 0 Å². The van der Waals surface area contributed by atoms with Crippen molar-refractivity contribution in [2.45, 2.75) is 193 Å². The zero-order valence-electron chi connectivity index (χ0n) is 36.7. The summed E-state index contributed by atoms with van der Waals surface area (Å²) in [5, 5.41) is 18.4. The number of phosphoric acid groups is 1. The van der Waals surface area contributed by atoms with Gasteiger partial charge >= 0.3 is 13.8 Å². The molecule has 0 saturated heterocycles. The Morgan fingerprint density at radius 2 is 0.983 bits per heavy atom. The third-order valence-corrected chi connectivity index (χ3v) is 10.3. The highest BCUT2D eigenvalue weighted by atomic mass is 31.2. The van der Waals surface area contributed by atoms with Gasteiger partial charge in [-0.25, -0.2) is 4.57 Å². The molecule has 58 heavy (non-hydrogen) atoms. The lowest BCUT2D eigenvalue weighted by atomic mass is 10.1. The van der Waals surface area contributed by atoms with Gasteiger partial charge in [-0.2, -0.15) is 0 Å². The van der Waals surface area contributed by atoms with Gasteiger partial charge in [-0.3, -0.25) is 13.8 Å². The first kappa shape index (κ1) is 55.9. The van der Waals surface area contributed by atoms with E-state index in [1.165, 1.54) is 64.2 Å². The molecule has 0 aromatic carbocycles. The average Bonchev–Trinajstić information content (AvgIpc) is 3.21. The van der Waals surface area contributed by atoms with Crippen molar-refractivity contribution in [1.82, 2.24) is 0 Å². The normalized spacial score (nSPS) is 14.6. The quantitative estimate of drug-likeness (QED) is 0.0238. The smallest absolute Gasteiger partial charge is 0.457 e. The fourth-order valence-electron chi connectivity index (χ4n) is 5.91. The fourth-order valence-corrected chi connectivity index (χ4v) is 6.70. The van der Waals surface area contributed by atoms with Crippen LogP contribution in [0.5, 0.6) is 0 Å². The maximum Gasteiger partial charge on any atom is 0.472 e. The summed E-state index contributed by atoms with van der Waals surface area (Å²) in [5.41, 5.74) is 0. The van der Waals surface area contributed by atoms with Crippen molar-refractivity contribution in [2.24, 2.45) is 0 Å². The monoisotopic (exact) mass is 837 g/mol. The predicted octanol–water partition coefficient (Wildman–Crippen LogP) is 12.9. The largest absolute Gasteiger partial charge is 0.472 e. The summed E-state index contributed by atoms with van der Waals surface area (Å²) < 4.78 is 33.4. The third kappa shape index (κ3) is 43.5. The first-order chi connectivity index (χ1) is 28.3. The van der Waals surface area contributed by atoms with Crippen LogP contribution in [0.4, 0.5) is 0 Å². The number of unbranched alkanes of at least 4 members (excludes halogenated alkanes) is 17. The minimum atomic E-state index is -4.53. The number of rotatable bonds is 43. The second-order valence-electron chi connectivity index (χ2n) is 15.0. The Kier molecular flexibility index (Phi) is 42.8. The first-order valence-corrected chi connectivity index (χ1v) is 24.4. The highest BCUT2D eigenvalue weighted by Crippen LogP contribution is 2.43. The molecule has 0 radical (unpaired) electrons. The highest BCUT2D eigenvalue weighted by Gasteiger charge is 2.26. The molecule has 3 atom stereocenters. The minimum absolute atomic E-state index is 0.0324. The average molecular weight is 837 g/mol. The Hall–Kier alpha value is -2.10. The summed E-state index contributed by atoms with van der Waals surface area (Å²) in [5.74, 6) is -0.399. The molecule has 0 amide bonds. The van der Waals surface area contributed by atoms with E-state index in [0.29, 0.717) is 13.0 Å². The van der Waals surface area contributed by atoms with Crippen LogP contribution in [-0.2, 0) is 27.9 Å². The van der Waals surface area contributed by atoms with Crippen LogP contribution in [-0.4, -0.2) is 66.3 Å². The summed E-state index contributed by atoms with van der Waals surface area (Å²) in [4.78, 5) is 22.6. The van der Waals surface area contributed by atoms with E-state index < -0.39 is 39.2 Å². The molecule has 3 unspecified atom stereocenters. The molecule has 10 heteroatoms. The predicted molar refractivity (Wildman–Crippen MR) is 242 cm³/mol. The molecule has 0 bridgehead atoms. The topological polar surface area (TPSA) is 132 Å². The summed E-state index contributed by atoms with van der Waals surface area (Å²) in [6, 6.07) is 0. The second-order valence-corrected chi connectivity index (χ2v) is 16.5. The summed E-state index contributed by atoms with van der Waals surface area (Å²) in [7, 11) is -4.53. The molecule has 0 aromatic heterocycles. The summed E-state index contributed by atoms with van der Waals surface area (Å²) in [6.45, 7) is 3.34. The van der Waals surface area contributed by atoms with Crippen molar-refractivity contribution >= 4 is 13.8 Å². The van der Waals surface area contributed by atoms with Crippen molar-refractivity contribution < 1.29 is 43.0 Å². The lowest BCUT2D eigenvalue weighted by Gasteiger charge is -2.20. The molecular formula is C48H85O9P. The Labute approximate surface area is 354 Å². The molecule has 0 spiro atoms.